The van der Waals surface area contributed by atoms with Crippen molar-refractivity contribution in [3.05, 3.63) is 199 Å². The minimum absolute atomic E-state index is 0.636. The van der Waals surface area contributed by atoms with Gasteiger partial charge in [0.05, 0.1) is 28.6 Å². The molecule has 0 aliphatic rings. The van der Waals surface area contributed by atoms with E-state index in [1.165, 1.54) is 66.0 Å². The van der Waals surface area contributed by atoms with Crippen LogP contribution in [0.5, 0.6) is 0 Å². The summed E-state index contributed by atoms with van der Waals surface area (Å²) >= 11 is 0. The van der Waals surface area contributed by atoms with E-state index in [0.717, 1.165) is 22.4 Å². The van der Waals surface area contributed by atoms with Crippen molar-refractivity contribution in [1.82, 2.24) is 9.13 Å². The maximum atomic E-state index is 7.56. The summed E-state index contributed by atoms with van der Waals surface area (Å²) in [6.45, 7) is 7.56. The Kier molecular flexibility index (Phi) is 6.87. The minimum atomic E-state index is 0.636. The second-order valence-corrected chi connectivity index (χ2v) is 13.3. The van der Waals surface area contributed by atoms with Gasteiger partial charge in [0, 0.05) is 32.9 Å². The molecule has 0 saturated heterocycles. The molecule has 0 unspecified atom stereocenters. The molecule has 0 radical (unpaired) electrons. The number of nitrogens with zero attached hydrogens (tertiary/aromatic N) is 3. The molecular weight excluding hydrogens is 631 g/mol. The molecule has 3 nitrogen and oxygen atoms in total. The van der Waals surface area contributed by atoms with Gasteiger partial charge in [0.25, 0.3) is 0 Å². The van der Waals surface area contributed by atoms with Gasteiger partial charge in [0.15, 0.2) is 5.69 Å². The Hall–Kier alpha value is -7.15. The van der Waals surface area contributed by atoms with E-state index < -0.39 is 0 Å². The molecule has 8 aromatic carbocycles. The monoisotopic (exact) mass is 661 g/mol. The molecule has 0 saturated carbocycles. The SMILES string of the molecule is [C-]#[N+]c1cccc(-n2c3ccccc3c3cc(-c4ccc5c(c4)c4ccccc4n5-c4ccc(-c5cccc(-c6ccccc6)c5)cc4)ccc32)c1. The number of para-hydroxylation sites is 2. The zero-order valence-corrected chi connectivity index (χ0v) is 28.2. The zero-order chi connectivity index (χ0) is 34.6. The standard InChI is InChI=1S/C49H31N3/c1-50-39-15-10-16-41(32-39)52-47-20-8-6-18-43(47)45-31-38(24-28-49(45)52)37-23-27-48-44(30-37)42-17-5-7-19-46(42)51(48)40-25-21-34(22-26-40)36-14-9-13-35(29-36)33-11-3-2-4-12-33/h2-32H. The molecule has 2 aromatic heterocycles. The first kappa shape index (κ1) is 29.7. The molecule has 0 N–H and O–H groups in total. The fourth-order valence-corrected chi connectivity index (χ4v) is 7.87. The van der Waals surface area contributed by atoms with Gasteiger partial charge in [0.2, 0.25) is 0 Å². The molecule has 2 heterocycles. The number of aromatic nitrogens is 2. The van der Waals surface area contributed by atoms with E-state index in [2.05, 4.69) is 184 Å². The third-order valence-corrected chi connectivity index (χ3v) is 10.3. The van der Waals surface area contributed by atoms with Gasteiger partial charge in [-0.25, -0.2) is 4.85 Å². The van der Waals surface area contributed by atoms with E-state index >= 15 is 0 Å². The predicted octanol–water partition coefficient (Wildman–Crippen LogP) is 13.4. The second kappa shape index (κ2) is 12.0. The summed E-state index contributed by atoms with van der Waals surface area (Å²) in [6, 6.07) is 67.0. The van der Waals surface area contributed by atoms with E-state index in [1.807, 2.05) is 18.2 Å². The van der Waals surface area contributed by atoms with Gasteiger partial charge in [-0.15, -0.1) is 0 Å². The van der Waals surface area contributed by atoms with Crippen molar-refractivity contribution in [2.75, 3.05) is 0 Å². The Morgan fingerprint density at radius 3 is 1.38 bits per heavy atom. The quantitative estimate of drug-likeness (QED) is 0.163. The predicted molar refractivity (Wildman–Crippen MR) is 218 cm³/mol. The highest BCUT2D eigenvalue weighted by Crippen LogP contribution is 2.39. The highest BCUT2D eigenvalue weighted by atomic mass is 15.0. The third kappa shape index (κ3) is 4.81. The van der Waals surface area contributed by atoms with Crippen molar-refractivity contribution in [2.24, 2.45) is 0 Å². The van der Waals surface area contributed by atoms with Gasteiger partial charge in [-0.2, -0.15) is 0 Å². The average molecular weight is 662 g/mol. The van der Waals surface area contributed by atoms with Crippen LogP contribution in [-0.4, -0.2) is 9.13 Å². The van der Waals surface area contributed by atoms with E-state index in [1.54, 1.807) is 0 Å². The summed E-state index contributed by atoms with van der Waals surface area (Å²) in [4.78, 5) is 3.69. The minimum Gasteiger partial charge on any atom is -0.311 e. The Bertz CT molecular complexity index is 3010. The summed E-state index contributed by atoms with van der Waals surface area (Å²) in [7, 11) is 0. The van der Waals surface area contributed by atoms with Crippen LogP contribution in [0, 0.1) is 6.57 Å². The molecule has 0 aliphatic carbocycles. The lowest BCUT2D eigenvalue weighted by Crippen LogP contribution is -1.94. The van der Waals surface area contributed by atoms with Crippen molar-refractivity contribution >= 4 is 49.3 Å². The maximum Gasteiger partial charge on any atom is 0.189 e. The summed E-state index contributed by atoms with van der Waals surface area (Å²) in [6.07, 6.45) is 0. The average Bonchev–Trinajstić information content (AvgIpc) is 3.73. The topological polar surface area (TPSA) is 14.2 Å². The Balaban J connectivity index is 1.07. The fourth-order valence-electron chi connectivity index (χ4n) is 7.87. The lowest BCUT2D eigenvalue weighted by Gasteiger charge is -2.11. The van der Waals surface area contributed by atoms with Gasteiger partial charge >= 0.3 is 0 Å². The van der Waals surface area contributed by atoms with Crippen molar-refractivity contribution in [3.63, 3.8) is 0 Å². The van der Waals surface area contributed by atoms with E-state index in [4.69, 9.17) is 6.57 Å². The smallest absolute Gasteiger partial charge is 0.189 e. The molecule has 0 bridgehead atoms. The van der Waals surface area contributed by atoms with Crippen molar-refractivity contribution in [1.29, 1.82) is 0 Å². The lowest BCUT2D eigenvalue weighted by molar-refractivity contribution is 1.18. The number of hydrogen-bond donors (Lipinski definition) is 0. The third-order valence-electron chi connectivity index (χ3n) is 10.3. The number of fused-ring (bicyclic) bond motifs is 6. The molecule has 0 atom stereocenters. The van der Waals surface area contributed by atoms with E-state index in [-0.39, 0.29) is 0 Å². The molecule has 0 spiro atoms. The summed E-state index contributed by atoms with van der Waals surface area (Å²) in [5.74, 6) is 0. The van der Waals surface area contributed by atoms with Gasteiger partial charge in [-0.1, -0.05) is 121 Å². The van der Waals surface area contributed by atoms with Crippen LogP contribution in [0.25, 0.3) is 93.2 Å². The molecule has 52 heavy (non-hydrogen) atoms. The van der Waals surface area contributed by atoms with Crippen LogP contribution in [0.15, 0.2) is 188 Å². The van der Waals surface area contributed by atoms with Crippen LogP contribution in [0.4, 0.5) is 5.69 Å². The van der Waals surface area contributed by atoms with Gasteiger partial charge in [-0.05, 0) is 100 Å². The number of benzene rings is 8. The second-order valence-electron chi connectivity index (χ2n) is 13.3. The number of hydrogen-bond acceptors (Lipinski definition) is 0. The summed E-state index contributed by atoms with van der Waals surface area (Å²) < 4.78 is 4.65. The van der Waals surface area contributed by atoms with Crippen LogP contribution < -0.4 is 0 Å². The first-order valence-electron chi connectivity index (χ1n) is 17.5. The molecule has 10 rings (SSSR count). The lowest BCUT2D eigenvalue weighted by atomic mass is 9.99. The van der Waals surface area contributed by atoms with Crippen LogP contribution in [0.1, 0.15) is 0 Å². The Labute approximate surface area is 301 Å². The van der Waals surface area contributed by atoms with Crippen LogP contribution >= 0.6 is 0 Å². The summed E-state index contributed by atoms with van der Waals surface area (Å²) in [5.41, 5.74) is 14.6. The first-order chi connectivity index (χ1) is 25.7. The van der Waals surface area contributed by atoms with Crippen LogP contribution in [-0.2, 0) is 0 Å². The molecular formula is C49H31N3. The van der Waals surface area contributed by atoms with E-state index in [9.17, 15) is 0 Å². The normalized spacial score (nSPS) is 11.4. The molecule has 242 valence electrons. The van der Waals surface area contributed by atoms with Gasteiger partial charge in [-0.3, -0.25) is 0 Å². The highest BCUT2D eigenvalue weighted by Gasteiger charge is 2.16. The Morgan fingerprint density at radius 1 is 0.308 bits per heavy atom. The molecule has 3 heteroatoms. The van der Waals surface area contributed by atoms with Gasteiger partial charge in [0.1, 0.15) is 0 Å². The summed E-state index contributed by atoms with van der Waals surface area (Å²) in [5, 5.41) is 4.85. The van der Waals surface area contributed by atoms with Crippen molar-refractivity contribution in [2.45, 2.75) is 0 Å². The van der Waals surface area contributed by atoms with Crippen LogP contribution in [0.3, 0.4) is 0 Å². The van der Waals surface area contributed by atoms with E-state index in [0.29, 0.717) is 5.69 Å². The van der Waals surface area contributed by atoms with Crippen LogP contribution in [0.2, 0.25) is 0 Å². The maximum absolute atomic E-state index is 7.56. The van der Waals surface area contributed by atoms with Crippen molar-refractivity contribution < 1.29 is 0 Å². The largest absolute Gasteiger partial charge is 0.311 e. The van der Waals surface area contributed by atoms with Crippen molar-refractivity contribution in [3.8, 4) is 44.8 Å². The van der Waals surface area contributed by atoms with Gasteiger partial charge < -0.3 is 9.13 Å². The zero-order valence-electron chi connectivity index (χ0n) is 28.2. The molecule has 0 aliphatic heterocycles. The Morgan fingerprint density at radius 2 is 0.769 bits per heavy atom. The molecule has 0 amide bonds. The first-order valence-corrected chi connectivity index (χ1v) is 17.5. The fraction of sp³-hybridized carbons (Fsp3) is 0. The molecule has 0 fully saturated rings. The number of rotatable bonds is 5. The highest BCUT2D eigenvalue weighted by molar-refractivity contribution is 6.12. The molecule has 10 aromatic rings.